The molecule has 3 aromatic carbocycles. The van der Waals surface area contributed by atoms with Gasteiger partial charge in [0.2, 0.25) is 0 Å². The summed E-state index contributed by atoms with van der Waals surface area (Å²) in [4.78, 5) is 14.0. The Balaban J connectivity index is 1.62. The Morgan fingerprint density at radius 2 is 1.77 bits per heavy atom. The Morgan fingerprint density at radius 1 is 1.04 bits per heavy atom. The second-order valence-corrected chi connectivity index (χ2v) is 6.37. The lowest BCUT2D eigenvalue weighted by molar-refractivity contribution is 0.197. The van der Waals surface area contributed by atoms with Gasteiger partial charge in [0, 0.05) is 13.1 Å². The number of fused-ring (bicyclic) bond motifs is 3. The molecular weight excluding hydrogens is 328 g/mol. The third-order valence-corrected chi connectivity index (χ3v) is 4.40. The van der Waals surface area contributed by atoms with E-state index < -0.39 is 6.09 Å². The number of hydrogen-bond donors (Lipinski definition) is 2. The zero-order chi connectivity index (χ0) is 18.4. The minimum atomic E-state index is -0.450. The number of rotatable bonds is 7. The van der Waals surface area contributed by atoms with E-state index in [1.54, 1.807) is 0 Å². The number of benzene rings is 3. The average Bonchev–Trinajstić information content (AvgIpc) is 2.65. The predicted molar refractivity (Wildman–Crippen MR) is 105 cm³/mol. The average molecular weight is 352 g/mol. The van der Waals surface area contributed by atoms with Crippen LogP contribution in [0.25, 0.3) is 21.5 Å². The lowest BCUT2D eigenvalue weighted by atomic mass is 10.0. The summed E-state index contributed by atoms with van der Waals surface area (Å²) in [5.41, 5.74) is 0. The van der Waals surface area contributed by atoms with E-state index in [4.69, 9.17) is 9.84 Å². The molecule has 0 unspecified atom stereocenters. The van der Waals surface area contributed by atoms with Gasteiger partial charge in [0.05, 0.1) is 6.61 Å². The number of nitrogens with zero attached hydrogens (tertiary/aromatic N) is 1. The van der Waals surface area contributed by atoms with Crippen molar-refractivity contribution in [3.05, 3.63) is 54.6 Å². The normalized spacial score (nSPS) is 11.2. The molecule has 0 aliphatic heterocycles. The largest absolute Gasteiger partial charge is 0.412 e. The number of carbonyl (C=O) groups excluding carboxylic acids is 1. The summed E-state index contributed by atoms with van der Waals surface area (Å²) in [5.74, 6) is 0.531. The zero-order valence-electron chi connectivity index (χ0n) is 14.9. The number of ether oxygens (including phenoxy) is 1. The molecule has 0 spiro atoms. The van der Waals surface area contributed by atoms with Gasteiger partial charge in [0.15, 0.2) is 0 Å². The third-order valence-electron chi connectivity index (χ3n) is 4.40. The maximum atomic E-state index is 12.0. The van der Waals surface area contributed by atoms with E-state index in [1.807, 2.05) is 42.3 Å². The first-order valence-corrected chi connectivity index (χ1v) is 8.84. The zero-order valence-corrected chi connectivity index (χ0v) is 14.9. The number of aliphatic hydroxyl groups is 1. The Hall–Kier alpha value is -2.63. The molecule has 5 nitrogen and oxygen atoms in total. The van der Waals surface area contributed by atoms with E-state index in [-0.39, 0.29) is 6.61 Å². The summed E-state index contributed by atoms with van der Waals surface area (Å²) >= 11 is 0. The van der Waals surface area contributed by atoms with Crippen LogP contribution < -0.4 is 10.1 Å². The Labute approximate surface area is 153 Å². The minimum Gasteiger partial charge on any atom is -0.410 e. The highest BCUT2D eigenvalue weighted by Gasteiger charge is 2.07. The van der Waals surface area contributed by atoms with Crippen LogP contribution in [0.15, 0.2) is 54.6 Å². The summed E-state index contributed by atoms with van der Waals surface area (Å²) in [6.45, 7) is 2.12. The quantitative estimate of drug-likeness (QED) is 0.505. The van der Waals surface area contributed by atoms with Crippen molar-refractivity contribution < 1.29 is 14.6 Å². The standard InChI is InChI=1S/C21H24N2O3/c1-23(13-14-24)12-4-11-22-21(25)26-18-10-9-17-8-7-16-5-2-3-6-19(16)20(17)15-18/h2-3,5-10,15,24H,4,11-14H2,1H3,(H,22,25). The van der Waals surface area contributed by atoms with Crippen molar-refractivity contribution in [1.82, 2.24) is 10.2 Å². The predicted octanol–water partition coefficient (Wildman–Crippen LogP) is 3.40. The molecular formula is C21H24N2O3. The monoisotopic (exact) mass is 352 g/mol. The van der Waals surface area contributed by atoms with Crippen LogP contribution >= 0.6 is 0 Å². The SMILES string of the molecule is CN(CCO)CCCNC(=O)Oc1ccc2ccc3ccccc3c2c1. The summed E-state index contributed by atoms with van der Waals surface area (Å²) in [7, 11) is 1.94. The minimum absolute atomic E-state index is 0.141. The number of carbonyl (C=O) groups is 1. The van der Waals surface area contributed by atoms with Crippen LogP contribution in [0, 0.1) is 0 Å². The van der Waals surface area contributed by atoms with E-state index in [1.165, 1.54) is 0 Å². The molecule has 1 amide bonds. The lowest BCUT2D eigenvalue weighted by Gasteiger charge is -2.14. The maximum Gasteiger partial charge on any atom is 0.412 e. The van der Waals surface area contributed by atoms with Crippen LogP contribution in [0.5, 0.6) is 5.75 Å². The van der Waals surface area contributed by atoms with Crippen LogP contribution in [0.2, 0.25) is 0 Å². The summed E-state index contributed by atoms with van der Waals surface area (Å²) < 4.78 is 5.42. The first-order valence-electron chi connectivity index (χ1n) is 8.84. The van der Waals surface area contributed by atoms with Gasteiger partial charge in [0.25, 0.3) is 0 Å². The van der Waals surface area contributed by atoms with Gasteiger partial charge in [-0.05, 0) is 53.7 Å². The molecule has 2 N–H and O–H groups in total. The van der Waals surface area contributed by atoms with Crippen molar-refractivity contribution in [2.24, 2.45) is 0 Å². The highest BCUT2D eigenvalue weighted by molar-refractivity contribution is 6.07. The van der Waals surface area contributed by atoms with Gasteiger partial charge in [-0.15, -0.1) is 0 Å². The highest BCUT2D eigenvalue weighted by Crippen LogP contribution is 2.28. The number of amides is 1. The second kappa shape index (κ2) is 8.65. The van der Waals surface area contributed by atoms with E-state index >= 15 is 0 Å². The molecule has 0 radical (unpaired) electrons. The molecule has 0 heterocycles. The second-order valence-electron chi connectivity index (χ2n) is 6.37. The molecule has 0 fully saturated rings. The first kappa shape index (κ1) is 18.2. The molecule has 0 saturated carbocycles. The van der Waals surface area contributed by atoms with Gasteiger partial charge in [0.1, 0.15) is 5.75 Å². The number of nitrogens with one attached hydrogen (secondary N) is 1. The molecule has 5 heteroatoms. The molecule has 0 aromatic heterocycles. The summed E-state index contributed by atoms with van der Waals surface area (Å²) in [6, 6.07) is 18.0. The highest BCUT2D eigenvalue weighted by atomic mass is 16.6. The van der Waals surface area contributed by atoms with Crippen molar-refractivity contribution in [2.45, 2.75) is 6.42 Å². The molecule has 0 aliphatic rings. The molecule has 0 saturated heterocycles. The van der Waals surface area contributed by atoms with Gasteiger partial charge in [-0.2, -0.15) is 0 Å². The van der Waals surface area contributed by atoms with Gasteiger partial charge in [-0.1, -0.05) is 42.5 Å². The fraction of sp³-hybridized carbons (Fsp3) is 0.286. The van der Waals surface area contributed by atoms with Crippen LogP contribution in [0.4, 0.5) is 4.79 Å². The third kappa shape index (κ3) is 4.50. The lowest BCUT2D eigenvalue weighted by Crippen LogP contribution is -2.31. The molecule has 0 bridgehead atoms. The summed E-state index contributed by atoms with van der Waals surface area (Å²) in [5, 5.41) is 16.1. The van der Waals surface area contributed by atoms with Crippen molar-refractivity contribution in [1.29, 1.82) is 0 Å². The van der Waals surface area contributed by atoms with Gasteiger partial charge in [-0.25, -0.2) is 4.79 Å². The Morgan fingerprint density at radius 3 is 2.58 bits per heavy atom. The molecule has 136 valence electrons. The van der Waals surface area contributed by atoms with Crippen LogP contribution in [0.3, 0.4) is 0 Å². The number of hydrogen-bond acceptors (Lipinski definition) is 4. The fourth-order valence-corrected chi connectivity index (χ4v) is 3.01. The topological polar surface area (TPSA) is 61.8 Å². The molecule has 3 rings (SSSR count). The molecule has 26 heavy (non-hydrogen) atoms. The Kier molecular flexibility index (Phi) is 6.04. The molecule has 3 aromatic rings. The summed E-state index contributed by atoms with van der Waals surface area (Å²) in [6.07, 6.45) is 0.350. The Bertz CT molecular complexity index is 895. The van der Waals surface area contributed by atoms with Crippen molar-refractivity contribution in [2.75, 3.05) is 33.3 Å². The van der Waals surface area contributed by atoms with E-state index in [0.29, 0.717) is 18.8 Å². The van der Waals surface area contributed by atoms with Gasteiger partial charge < -0.3 is 20.1 Å². The van der Waals surface area contributed by atoms with Crippen LogP contribution in [-0.4, -0.2) is 49.4 Å². The fourth-order valence-electron chi connectivity index (χ4n) is 3.01. The number of aliphatic hydroxyl groups excluding tert-OH is 1. The van der Waals surface area contributed by atoms with Gasteiger partial charge in [-0.3, -0.25) is 0 Å². The number of likely N-dealkylation sites (N-methyl/N-ethyl adjacent to an activating group) is 1. The van der Waals surface area contributed by atoms with Crippen LogP contribution in [0.1, 0.15) is 6.42 Å². The van der Waals surface area contributed by atoms with Crippen molar-refractivity contribution in [3.8, 4) is 5.75 Å². The van der Waals surface area contributed by atoms with Gasteiger partial charge >= 0.3 is 6.09 Å². The van der Waals surface area contributed by atoms with E-state index in [2.05, 4.69) is 29.6 Å². The molecule has 0 atom stereocenters. The van der Waals surface area contributed by atoms with E-state index in [0.717, 1.165) is 34.5 Å². The van der Waals surface area contributed by atoms with Crippen molar-refractivity contribution in [3.63, 3.8) is 0 Å². The maximum absolute atomic E-state index is 12.0. The van der Waals surface area contributed by atoms with E-state index in [9.17, 15) is 4.79 Å². The van der Waals surface area contributed by atoms with Crippen molar-refractivity contribution >= 4 is 27.6 Å². The molecule has 0 aliphatic carbocycles. The smallest absolute Gasteiger partial charge is 0.410 e. The van der Waals surface area contributed by atoms with Crippen LogP contribution in [-0.2, 0) is 0 Å². The first-order chi connectivity index (χ1) is 12.7.